The third-order valence-electron chi connectivity index (χ3n) is 4.55. The molecule has 3 aromatic rings. The van der Waals surface area contributed by atoms with Gasteiger partial charge in [0.1, 0.15) is 17.7 Å². The average Bonchev–Trinajstić information content (AvgIpc) is 3.35. The zero-order valence-electron chi connectivity index (χ0n) is 14.6. The van der Waals surface area contributed by atoms with Crippen molar-refractivity contribution in [3.63, 3.8) is 0 Å². The van der Waals surface area contributed by atoms with Crippen molar-refractivity contribution in [2.24, 2.45) is 0 Å². The fraction of sp³-hybridized carbons (Fsp3) is 0.263. The van der Waals surface area contributed by atoms with Crippen LogP contribution in [0.4, 0.5) is 23.4 Å². The first-order valence-electron chi connectivity index (χ1n) is 8.47. The topological polar surface area (TPSA) is 56.1 Å². The highest BCUT2D eigenvalue weighted by molar-refractivity contribution is 5.96. The van der Waals surface area contributed by atoms with E-state index in [1.54, 1.807) is 30.3 Å². The van der Waals surface area contributed by atoms with Crippen molar-refractivity contribution in [2.75, 3.05) is 12.4 Å². The van der Waals surface area contributed by atoms with Crippen LogP contribution in [0.15, 0.2) is 47.3 Å². The number of para-hydroxylation sites is 1. The smallest absolute Gasteiger partial charge is 0.416 e. The minimum absolute atomic E-state index is 0.00269. The SMILES string of the molecule is COc1cc(C(F)(F)F)cc2c1c(NC1C[C@@H]1F)nc(=O)n2-c1ccccc1. The first kappa shape index (κ1) is 18.3. The number of aromatic nitrogens is 2. The summed E-state index contributed by atoms with van der Waals surface area (Å²) in [5.41, 5.74) is -1.42. The van der Waals surface area contributed by atoms with Crippen LogP contribution in [0.5, 0.6) is 5.75 Å². The molecular weight excluding hydrogens is 378 g/mol. The number of benzene rings is 2. The average molecular weight is 393 g/mol. The second kappa shape index (κ2) is 6.50. The molecule has 0 aliphatic heterocycles. The summed E-state index contributed by atoms with van der Waals surface area (Å²) in [7, 11) is 1.23. The monoisotopic (exact) mass is 393 g/mol. The summed E-state index contributed by atoms with van der Waals surface area (Å²) in [5.74, 6) is -0.108. The Morgan fingerprint density at radius 3 is 2.46 bits per heavy atom. The summed E-state index contributed by atoms with van der Waals surface area (Å²) in [6, 6.07) is 9.38. The molecule has 1 aromatic heterocycles. The van der Waals surface area contributed by atoms with Gasteiger partial charge in [-0.15, -0.1) is 0 Å². The molecule has 1 N–H and O–H groups in total. The summed E-state index contributed by atoms with van der Waals surface area (Å²) in [6.07, 6.45) is -5.49. The number of ether oxygens (including phenoxy) is 1. The fourth-order valence-corrected chi connectivity index (χ4v) is 3.06. The van der Waals surface area contributed by atoms with Gasteiger partial charge in [-0.3, -0.25) is 4.57 Å². The highest BCUT2D eigenvalue weighted by atomic mass is 19.4. The van der Waals surface area contributed by atoms with Gasteiger partial charge in [-0.25, -0.2) is 9.18 Å². The number of rotatable bonds is 4. The first-order valence-corrected chi connectivity index (χ1v) is 8.47. The summed E-state index contributed by atoms with van der Waals surface area (Å²) in [5, 5.41) is 2.98. The van der Waals surface area contributed by atoms with Crippen LogP contribution in [0, 0.1) is 0 Å². The van der Waals surface area contributed by atoms with Gasteiger partial charge >= 0.3 is 11.9 Å². The molecule has 1 aliphatic rings. The van der Waals surface area contributed by atoms with Gasteiger partial charge in [0.2, 0.25) is 0 Å². The predicted molar refractivity (Wildman–Crippen MR) is 95.8 cm³/mol. The van der Waals surface area contributed by atoms with Crippen molar-refractivity contribution in [2.45, 2.75) is 24.8 Å². The summed E-state index contributed by atoms with van der Waals surface area (Å²) >= 11 is 0. The molecule has 0 bridgehead atoms. The Kier molecular flexibility index (Phi) is 4.24. The number of methoxy groups -OCH3 is 1. The molecule has 4 rings (SSSR count). The van der Waals surface area contributed by atoms with Crippen LogP contribution in [0.2, 0.25) is 0 Å². The lowest BCUT2D eigenvalue weighted by Gasteiger charge is -2.18. The molecule has 2 aromatic carbocycles. The van der Waals surface area contributed by atoms with E-state index in [1.165, 1.54) is 7.11 Å². The lowest BCUT2D eigenvalue weighted by molar-refractivity contribution is -0.137. The molecule has 0 spiro atoms. The van der Waals surface area contributed by atoms with Crippen LogP contribution in [-0.2, 0) is 6.18 Å². The molecule has 1 unspecified atom stereocenters. The Morgan fingerprint density at radius 1 is 1.21 bits per heavy atom. The van der Waals surface area contributed by atoms with Crippen molar-refractivity contribution >= 4 is 16.7 Å². The Morgan fingerprint density at radius 2 is 1.89 bits per heavy atom. The Bertz CT molecular complexity index is 1100. The third kappa shape index (κ3) is 3.17. The van der Waals surface area contributed by atoms with E-state index in [1.807, 2.05) is 0 Å². The molecule has 0 saturated heterocycles. The van der Waals surface area contributed by atoms with Crippen molar-refractivity contribution < 1.29 is 22.3 Å². The molecule has 146 valence electrons. The second-order valence-corrected chi connectivity index (χ2v) is 6.49. The lowest BCUT2D eigenvalue weighted by atomic mass is 10.1. The highest BCUT2D eigenvalue weighted by Crippen LogP contribution is 2.40. The Balaban J connectivity index is 2.07. The predicted octanol–water partition coefficient (Wildman–Crippen LogP) is 3.94. The quantitative estimate of drug-likeness (QED) is 0.683. The van der Waals surface area contributed by atoms with Gasteiger partial charge in [0, 0.05) is 6.42 Å². The second-order valence-electron chi connectivity index (χ2n) is 6.49. The van der Waals surface area contributed by atoms with E-state index >= 15 is 0 Å². The maximum Gasteiger partial charge on any atom is 0.416 e. The number of hydrogen-bond donors (Lipinski definition) is 1. The molecule has 1 saturated carbocycles. The summed E-state index contributed by atoms with van der Waals surface area (Å²) in [6.45, 7) is 0. The van der Waals surface area contributed by atoms with Gasteiger partial charge in [0.05, 0.1) is 35.3 Å². The first-order chi connectivity index (χ1) is 13.3. The largest absolute Gasteiger partial charge is 0.496 e. The number of alkyl halides is 4. The van der Waals surface area contributed by atoms with E-state index < -0.39 is 29.6 Å². The number of nitrogens with one attached hydrogen (secondary N) is 1. The highest BCUT2D eigenvalue weighted by Gasteiger charge is 2.39. The van der Waals surface area contributed by atoms with E-state index in [0.717, 1.165) is 16.7 Å². The number of nitrogens with zero attached hydrogens (tertiary/aromatic N) is 2. The third-order valence-corrected chi connectivity index (χ3v) is 4.55. The molecule has 2 atom stereocenters. The maximum absolute atomic E-state index is 13.4. The van der Waals surface area contributed by atoms with E-state index in [9.17, 15) is 22.4 Å². The van der Waals surface area contributed by atoms with Crippen LogP contribution in [0.25, 0.3) is 16.6 Å². The van der Waals surface area contributed by atoms with Crippen LogP contribution in [0.1, 0.15) is 12.0 Å². The normalized spacial score (nSPS) is 18.9. The summed E-state index contributed by atoms with van der Waals surface area (Å²) < 4.78 is 59.9. The van der Waals surface area contributed by atoms with Crippen LogP contribution in [0.3, 0.4) is 0 Å². The number of halogens is 4. The van der Waals surface area contributed by atoms with Gasteiger partial charge in [-0.2, -0.15) is 18.2 Å². The number of fused-ring (bicyclic) bond motifs is 1. The molecule has 1 fully saturated rings. The molecule has 5 nitrogen and oxygen atoms in total. The van der Waals surface area contributed by atoms with Crippen molar-refractivity contribution in [3.05, 3.63) is 58.5 Å². The molecule has 1 heterocycles. The Labute approximate surface area is 156 Å². The van der Waals surface area contributed by atoms with E-state index in [0.29, 0.717) is 5.69 Å². The number of anilines is 1. The van der Waals surface area contributed by atoms with Crippen LogP contribution in [-0.4, -0.2) is 28.9 Å². The molecule has 1 aliphatic carbocycles. The maximum atomic E-state index is 13.4. The Hall–Kier alpha value is -3.10. The van der Waals surface area contributed by atoms with Gasteiger partial charge in [0.15, 0.2) is 0 Å². The number of hydrogen-bond acceptors (Lipinski definition) is 4. The standard InChI is InChI=1S/C19H15F4N3O2/c1-28-15-8-10(19(21,22)23)7-14-16(15)17(24-13-9-12(13)20)25-18(27)26(14)11-5-3-2-4-6-11/h2-8,12-13H,9H2,1H3,(H,24,25,27)/t12-,13?/m0/s1. The van der Waals surface area contributed by atoms with Gasteiger partial charge < -0.3 is 10.1 Å². The lowest BCUT2D eigenvalue weighted by Crippen LogP contribution is -2.25. The van der Waals surface area contributed by atoms with E-state index in [-0.39, 0.29) is 28.9 Å². The molecule has 0 radical (unpaired) electrons. The molecule has 28 heavy (non-hydrogen) atoms. The van der Waals surface area contributed by atoms with E-state index in [4.69, 9.17) is 4.74 Å². The van der Waals surface area contributed by atoms with Crippen LogP contribution < -0.4 is 15.7 Å². The minimum atomic E-state index is -4.64. The summed E-state index contributed by atoms with van der Waals surface area (Å²) in [4.78, 5) is 16.7. The van der Waals surface area contributed by atoms with Crippen LogP contribution >= 0.6 is 0 Å². The molecule has 9 heteroatoms. The molecular formula is C19H15F4N3O2. The van der Waals surface area contributed by atoms with Gasteiger partial charge in [-0.1, -0.05) is 18.2 Å². The zero-order valence-corrected chi connectivity index (χ0v) is 14.6. The van der Waals surface area contributed by atoms with Gasteiger partial charge in [0.25, 0.3) is 0 Å². The fourth-order valence-electron chi connectivity index (χ4n) is 3.06. The van der Waals surface area contributed by atoms with Crippen molar-refractivity contribution in [3.8, 4) is 11.4 Å². The van der Waals surface area contributed by atoms with Gasteiger partial charge in [-0.05, 0) is 24.3 Å². The van der Waals surface area contributed by atoms with E-state index in [2.05, 4.69) is 10.3 Å². The molecule has 0 amide bonds. The van der Waals surface area contributed by atoms with Crippen molar-refractivity contribution in [1.82, 2.24) is 9.55 Å². The van der Waals surface area contributed by atoms with Crippen molar-refractivity contribution in [1.29, 1.82) is 0 Å². The minimum Gasteiger partial charge on any atom is -0.496 e. The zero-order chi connectivity index (χ0) is 20.1.